The Kier molecular flexibility index (Phi) is 9.70. The minimum absolute atomic E-state index is 0.101. The summed E-state index contributed by atoms with van der Waals surface area (Å²) in [6, 6.07) is 1.81. The van der Waals surface area contributed by atoms with Crippen LogP contribution in [0.2, 0.25) is 0 Å². The van der Waals surface area contributed by atoms with Crippen molar-refractivity contribution >= 4 is 36.9 Å². The molecule has 0 aliphatic carbocycles. The summed E-state index contributed by atoms with van der Waals surface area (Å²) in [5.41, 5.74) is 7.90. The van der Waals surface area contributed by atoms with E-state index >= 15 is 0 Å². The third kappa shape index (κ3) is 6.33. The van der Waals surface area contributed by atoms with Crippen LogP contribution in [0, 0.1) is 5.92 Å². The highest BCUT2D eigenvalue weighted by atomic mass is 32.2. The standard InChI is InChI=1S/C26H46N7O4S2/c1-4-6-16-38(34,35)31-14-8-10-21(18-31)24(27)33(3,26-23-12-13-28-25(23)29-20-30-26)22-11-9-15-32(19-22)39(36,37)17-7-5-2/h12-13,20-22,24H,4-11,14-19,27H2,1-3H3,(H,28,29,30)/q+1. The average Bonchev–Trinajstić information content (AvgIpc) is 3.43. The van der Waals surface area contributed by atoms with Crippen LogP contribution >= 0.6 is 0 Å². The van der Waals surface area contributed by atoms with Crippen LogP contribution in [0.15, 0.2) is 18.6 Å². The number of rotatable bonds is 12. The molecule has 2 aromatic rings. The van der Waals surface area contributed by atoms with Crippen LogP contribution in [0.25, 0.3) is 11.0 Å². The highest BCUT2D eigenvalue weighted by Crippen LogP contribution is 2.38. The molecule has 39 heavy (non-hydrogen) atoms. The van der Waals surface area contributed by atoms with Crippen molar-refractivity contribution in [1.82, 2.24) is 28.0 Å². The number of quaternary nitrogens is 1. The number of nitrogens with two attached hydrogens (primary N) is 1. The maximum absolute atomic E-state index is 13.2. The Labute approximate surface area is 233 Å². The number of sulfonamides is 2. The van der Waals surface area contributed by atoms with Gasteiger partial charge in [-0.3, -0.25) is 10.2 Å². The molecule has 0 saturated carbocycles. The van der Waals surface area contributed by atoms with Crippen molar-refractivity contribution in [1.29, 1.82) is 0 Å². The van der Waals surface area contributed by atoms with E-state index in [4.69, 9.17) is 10.7 Å². The van der Waals surface area contributed by atoms with Crippen LogP contribution in [0.5, 0.6) is 0 Å². The topological polar surface area (TPSA) is 142 Å². The van der Waals surface area contributed by atoms with E-state index in [1.807, 2.05) is 26.1 Å². The molecular formula is C26H46N7O4S2+. The molecule has 4 heterocycles. The molecule has 3 N–H and O–H groups in total. The van der Waals surface area contributed by atoms with Gasteiger partial charge in [0.15, 0.2) is 6.17 Å². The van der Waals surface area contributed by atoms with Crippen LogP contribution in [0.1, 0.15) is 65.2 Å². The fourth-order valence-corrected chi connectivity index (χ4v) is 9.72. The van der Waals surface area contributed by atoms with Crippen molar-refractivity contribution in [2.75, 3.05) is 44.7 Å². The highest BCUT2D eigenvalue weighted by molar-refractivity contribution is 7.89. The molecule has 0 spiro atoms. The van der Waals surface area contributed by atoms with Crippen molar-refractivity contribution in [3.8, 4) is 0 Å². The van der Waals surface area contributed by atoms with Crippen LogP contribution < -0.4 is 10.2 Å². The second-order valence-corrected chi connectivity index (χ2v) is 15.5. The third-order valence-corrected chi connectivity index (χ3v) is 12.6. The summed E-state index contributed by atoms with van der Waals surface area (Å²) >= 11 is 0. The first kappa shape index (κ1) is 30.3. The molecule has 2 fully saturated rings. The van der Waals surface area contributed by atoms with Gasteiger partial charge in [0.25, 0.3) is 0 Å². The summed E-state index contributed by atoms with van der Waals surface area (Å²) < 4.78 is 56.1. The van der Waals surface area contributed by atoms with E-state index in [2.05, 4.69) is 17.0 Å². The molecular weight excluding hydrogens is 538 g/mol. The first-order chi connectivity index (χ1) is 18.5. The van der Waals surface area contributed by atoms with E-state index in [1.54, 1.807) is 8.61 Å². The third-order valence-electron chi connectivity index (χ3n) is 8.73. The second-order valence-electron chi connectivity index (χ2n) is 11.3. The summed E-state index contributed by atoms with van der Waals surface area (Å²) in [5.74, 6) is 0.948. The Morgan fingerprint density at radius 1 is 1.00 bits per heavy atom. The van der Waals surface area contributed by atoms with Crippen molar-refractivity contribution < 1.29 is 16.8 Å². The van der Waals surface area contributed by atoms with E-state index in [0.717, 1.165) is 49.7 Å². The lowest BCUT2D eigenvalue weighted by Gasteiger charge is -2.50. The predicted molar refractivity (Wildman–Crippen MR) is 156 cm³/mol. The Bertz CT molecular complexity index is 1320. The number of nitrogens with zero attached hydrogens (tertiary/aromatic N) is 5. The zero-order chi connectivity index (χ0) is 28.3. The molecule has 0 amide bonds. The largest absolute Gasteiger partial charge is 0.346 e. The Morgan fingerprint density at radius 3 is 2.26 bits per heavy atom. The maximum atomic E-state index is 13.2. The molecule has 0 bridgehead atoms. The Balaban J connectivity index is 1.71. The molecule has 0 radical (unpaired) electrons. The van der Waals surface area contributed by atoms with Gasteiger partial charge in [0.1, 0.15) is 23.4 Å². The molecule has 13 heteroatoms. The minimum Gasteiger partial charge on any atom is -0.346 e. The number of hydrogen-bond donors (Lipinski definition) is 2. The number of fused-ring (bicyclic) bond motifs is 1. The number of unbranched alkanes of at least 4 members (excludes halogenated alkanes) is 2. The van der Waals surface area contributed by atoms with Crippen molar-refractivity contribution in [2.24, 2.45) is 11.7 Å². The van der Waals surface area contributed by atoms with Gasteiger partial charge in [-0.2, -0.15) is 9.29 Å². The van der Waals surface area contributed by atoms with E-state index in [1.165, 1.54) is 6.33 Å². The van der Waals surface area contributed by atoms with Gasteiger partial charge in [-0.05, 0) is 38.2 Å². The van der Waals surface area contributed by atoms with Gasteiger partial charge in [-0.1, -0.05) is 26.7 Å². The summed E-state index contributed by atoms with van der Waals surface area (Å²) in [4.78, 5) is 12.3. The Hall–Kier alpha value is -1.64. The Morgan fingerprint density at radius 2 is 1.62 bits per heavy atom. The van der Waals surface area contributed by atoms with Crippen molar-refractivity contribution in [3.63, 3.8) is 0 Å². The fraction of sp³-hybridized carbons (Fsp3) is 0.769. The lowest BCUT2D eigenvalue weighted by atomic mass is 9.91. The summed E-state index contributed by atoms with van der Waals surface area (Å²) in [5, 5.41) is 0.852. The van der Waals surface area contributed by atoms with E-state index < -0.39 is 26.2 Å². The van der Waals surface area contributed by atoms with E-state index in [0.29, 0.717) is 44.7 Å². The lowest BCUT2D eigenvalue weighted by molar-refractivity contribution is 0.0709. The molecule has 4 rings (SSSR count). The zero-order valence-corrected chi connectivity index (χ0v) is 25.3. The number of likely N-dealkylation sites (N-methyl/N-ethyl adjacent to an activating group) is 1. The quantitative estimate of drug-likeness (QED) is 0.288. The van der Waals surface area contributed by atoms with Crippen LogP contribution in [0.4, 0.5) is 5.82 Å². The van der Waals surface area contributed by atoms with E-state index in [-0.39, 0.29) is 27.9 Å². The van der Waals surface area contributed by atoms with Gasteiger partial charge in [0.2, 0.25) is 25.9 Å². The minimum atomic E-state index is -3.38. The van der Waals surface area contributed by atoms with E-state index in [9.17, 15) is 16.8 Å². The number of aromatic nitrogens is 3. The molecule has 4 unspecified atom stereocenters. The fourth-order valence-electron chi connectivity index (χ4n) is 6.27. The summed E-state index contributed by atoms with van der Waals surface area (Å²) in [6.07, 6.45) is 8.87. The van der Waals surface area contributed by atoms with Crippen LogP contribution in [0.3, 0.4) is 0 Å². The number of nitrogens with one attached hydrogen (secondary N) is 1. The molecule has 2 saturated heterocycles. The first-order valence-corrected chi connectivity index (χ1v) is 17.6. The lowest BCUT2D eigenvalue weighted by Crippen LogP contribution is -2.71. The molecule has 220 valence electrons. The number of H-pyrrole nitrogens is 1. The molecule has 2 aliphatic rings. The van der Waals surface area contributed by atoms with Gasteiger partial charge in [0.05, 0.1) is 25.1 Å². The average molecular weight is 585 g/mol. The molecule has 0 aromatic carbocycles. The van der Waals surface area contributed by atoms with Gasteiger partial charge in [0, 0.05) is 38.2 Å². The molecule has 2 aromatic heterocycles. The van der Waals surface area contributed by atoms with Crippen LogP contribution in [-0.4, -0.2) is 97.3 Å². The maximum Gasteiger partial charge on any atom is 0.241 e. The van der Waals surface area contributed by atoms with Gasteiger partial charge in [-0.15, -0.1) is 0 Å². The number of hydrogen-bond acceptors (Lipinski definition) is 7. The van der Waals surface area contributed by atoms with Gasteiger partial charge < -0.3 is 4.98 Å². The van der Waals surface area contributed by atoms with Gasteiger partial charge >= 0.3 is 0 Å². The zero-order valence-electron chi connectivity index (χ0n) is 23.6. The highest BCUT2D eigenvalue weighted by Gasteiger charge is 2.50. The SMILES string of the molecule is CCCCS(=O)(=O)N1CCCC(C(N)[N+](C)(c2ncnc3[nH]ccc23)C2CCCN(S(=O)(=O)CCCC)C2)C1. The summed E-state index contributed by atoms with van der Waals surface area (Å²) in [7, 11) is -4.69. The van der Waals surface area contributed by atoms with Crippen molar-refractivity contribution in [3.05, 3.63) is 18.6 Å². The monoisotopic (exact) mass is 584 g/mol. The smallest absolute Gasteiger partial charge is 0.241 e. The molecule has 11 nitrogen and oxygen atoms in total. The van der Waals surface area contributed by atoms with Crippen molar-refractivity contribution in [2.45, 2.75) is 77.4 Å². The normalized spacial score (nSPS) is 24.5. The summed E-state index contributed by atoms with van der Waals surface area (Å²) in [6.45, 7) is 5.74. The molecule has 2 aliphatic heterocycles. The molecule has 4 atom stereocenters. The van der Waals surface area contributed by atoms with Crippen LogP contribution in [-0.2, 0) is 20.0 Å². The first-order valence-electron chi connectivity index (χ1n) is 14.4. The number of piperidine rings is 2. The van der Waals surface area contributed by atoms with Gasteiger partial charge in [-0.25, -0.2) is 26.1 Å². The number of aromatic amines is 1. The predicted octanol–water partition coefficient (Wildman–Crippen LogP) is 2.62. The second kappa shape index (κ2) is 12.5.